The van der Waals surface area contributed by atoms with Gasteiger partial charge in [0.05, 0.1) is 5.66 Å². The molecule has 16 heavy (non-hydrogen) atoms. The zero-order valence-electron chi connectivity index (χ0n) is 11.3. The minimum absolute atomic E-state index is 0.136. The van der Waals surface area contributed by atoms with Crippen molar-refractivity contribution in [3.05, 3.63) is 0 Å². The minimum atomic E-state index is -0.136. The van der Waals surface area contributed by atoms with Crippen molar-refractivity contribution >= 4 is 0 Å². The van der Waals surface area contributed by atoms with Crippen LogP contribution in [0.5, 0.6) is 0 Å². The standard InChI is InChI=1S/C13H27N3/c1-11(2)15-9-13(10-15)5-7-16(8-6-13)12(3,4)14/h11H,5-10,14H2,1-4H3. The average Bonchev–Trinajstić information content (AvgIpc) is 2.12. The summed E-state index contributed by atoms with van der Waals surface area (Å²) in [6.45, 7) is 13.8. The van der Waals surface area contributed by atoms with Crippen LogP contribution in [0.1, 0.15) is 40.5 Å². The van der Waals surface area contributed by atoms with Crippen LogP contribution in [0.4, 0.5) is 0 Å². The van der Waals surface area contributed by atoms with Crippen LogP contribution in [0.25, 0.3) is 0 Å². The first-order chi connectivity index (χ1) is 7.32. The number of rotatable bonds is 2. The summed E-state index contributed by atoms with van der Waals surface area (Å²) in [6.07, 6.45) is 2.66. The van der Waals surface area contributed by atoms with Crippen LogP contribution in [0.2, 0.25) is 0 Å². The van der Waals surface area contributed by atoms with Crippen molar-refractivity contribution in [3.8, 4) is 0 Å². The van der Waals surface area contributed by atoms with E-state index in [2.05, 4.69) is 37.5 Å². The molecule has 0 unspecified atom stereocenters. The molecule has 2 aliphatic heterocycles. The molecule has 0 radical (unpaired) electrons. The lowest BCUT2D eigenvalue weighted by Gasteiger charge is -2.57. The molecule has 0 aromatic heterocycles. The molecule has 0 aromatic carbocycles. The first-order valence-corrected chi connectivity index (χ1v) is 6.60. The maximum absolute atomic E-state index is 6.15. The van der Waals surface area contributed by atoms with Gasteiger partial charge in [0.1, 0.15) is 0 Å². The van der Waals surface area contributed by atoms with Crippen LogP contribution in [-0.2, 0) is 0 Å². The Morgan fingerprint density at radius 3 is 2.00 bits per heavy atom. The van der Waals surface area contributed by atoms with Crippen LogP contribution in [0, 0.1) is 5.41 Å². The van der Waals surface area contributed by atoms with Gasteiger partial charge in [-0.15, -0.1) is 0 Å². The second-order valence-corrected chi connectivity index (χ2v) is 6.64. The lowest BCUT2D eigenvalue weighted by Crippen LogP contribution is -2.64. The van der Waals surface area contributed by atoms with Gasteiger partial charge in [-0.05, 0) is 46.0 Å². The molecule has 2 saturated heterocycles. The smallest absolute Gasteiger partial charge is 0.0629 e. The molecular weight excluding hydrogens is 198 g/mol. The highest BCUT2D eigenvalue weighted by atomic mass is 15.3. The Balaban J connectivity index is 1.83. The first-order valence-electron chi connectivity index (χ1n) is 6.60. The number of hydrogen-bond acceptors (Lipinski definition) is 3. The van der Waals surface area contributed by atoms with E-state index in [0.29, 0.717) is 5.41 Å². The number of piperidine rings is 1. The van der Waals surface area contributed by atoms with Crippen molar-refractivity contribution < 1.29 is 0 Å². The van der Waals surface area contributed by atoms with Gasteiger partial charge >= 0.3 is 0 Å². The predicted octanol–water partition coefficient (Wildman–Crippen LogP) is 1.49. The Morgan fingerprint density at radius 2 is 1.62 bits per heavy atom. The molecule has 0 bridgehead atoms. The van der Waals surface area contributed by atoms with E-state index < -0.39 is 0 Å². The molecule has 2 N–H and O–H groups in total. The van der Waals surface area contributed by atoms with E-state index in [9.17, 15) is 0 Å². The summed E-state index contributed by atoms with van der Waals surface area (Å²) < 4.78 is 0. The van der Waals surface area contributed by atoms with E-state index in [1.807, 2.05) is 0 Å². The van der Waals surface area contributed by atoms with Gasteiger partial charge in [0.15, 0.2) is 0 Å². The first kappa shape index (κ1) is 12.3. The molecule has 2 rings (SSSR count). The fourth-order valence-corrected chi connectivity index (χ4v) is 3.05. The molecule has 0 amide bonds. The fourth-order valence-electron chi connectivity index (χ4n) is 3.05. The zero-order chi connectivity index (χ0) is 12.0. The summed E-state index contributed by atoms with van der Waals surface area (Å²) in [6, 6.07) is 0.717. The summed E-state index contributed by atoms with van der Waals surface area (Å²) in [4.78, 5) is 5.01. The van der Waals surface area contributed by atoms with E-state index in [-0.39, 0.29) is 5.66 Å². The molecule has 2 heterocycles. The van der Waals surface area contributed by atoms with Crippen molar-refractivity contribution in [2.45, 2.75) is 52.2 Å². The van der Waals surface area contributed by atoms with Crippen molar-refractivity contribution in [2.75, 3.05) is 26.2 Å². The monoisotopic (exact) mass is 225 g/mol. The third-order valence-electron chi connectivity index (χ3n) is 4.45. The Kier molecular flexibility index (Phi) is 3.06. The van der Waals surface area contributed by atoms with E-state index in [4.69, 9.17) is 5.73 Å². The van der Waals surface area contributed by atoms with Crippen molar-refractivity contribution in [2.24, 2.45) is 11.1 Å². The molecule has 0 atom stereocenters. The molecule has 0 aliphatic carbocycles. The SMILES string of the molecule is CC(C)N1CC2(CCN(C(C)(C)N)CC2)C1. The highest BCUT2D eigenvalue weighted by Gasteiger charge is 2.46. The molecule has 3 nitrogen and oxygen atoms in total. The largest absolute Gasteiger partial charge is 0.314 e. The minimum Gasteiger partial charge on any atom is -0.314 e. The van der Waals surface area contributed by atoms with Gasteiger partial charge in [-0.25, -0.2) is 0 Å². The zero-order valence-corrected chi connectivity index (χ0v) is 11.3. The van der Waals surface area contributed by atoms with Crippen molar-refractivity contribution in [3.63, 3.8) is 0 Å². The normalized spacial score (nSPS) is 27.4. The average molecular weight is 225 g/mol. The van der Waals surface area contributed by atoms with Crippen LogP contribution < -0.4 is 5.73 Å². The van der Waals surface area contributed by atoms with Crippen LogP contribution in [-0.4, -0.2) is 47.7 Å². The molecule has 2 aliphatic rings. The van der Waals surface area contributed by atoms with Crippen LogP contribution in [0.15, 0.2) is 0 Å². The van der Waals surface area contributed by atoms with E-state index in [0.717, 1.165) is 6.04 Å². The van der Waals surface area contributed by atoms with E-state index in [1.165, 1.54) is 39.0 Å². The van der Waals surface area contributed by atoms with Crippen LogP contribution >= 0.6 is 0 Å². The van der Waals surface area contributed by atoms with Gasteiger partial charge in [0.25, 0.3) is 0 Å². The summed E-state index contributed by atoms with van der Waals surface area (Å²) in [5, 5.41) is 0. The van der Waals surface area contributed by atoms with E-state index >= 15 is 0 Å². The Morgan fingerprint density at radius 1 is 1.12 bits per heavy atom. The molecule has 94 valence electrons. The fraction of sp³-hybridized carbons (Fsp3) is 1.00. The molecule has 2 fully saturated rings. The van der Waals surface area contributed by atoms with Gasteiger partial charge in [-0.1, -0.05) is 0 Å². The number of nitrogens with two attached hydrogens (primary N) is 1. The van der Waals surface area contributed by atoms with Gasteiger partial charge in [0.2, 0.25) is 0 Å². The Bertz CT molecular complexity index is 238. The molecular formula is C13H27N3. The number of hydrogen-bond donors (Lipinski definition) is 1. The van der Waals surface area contributed by atoms with Crippen LogP contribution in [0.3, 0.4) is 0 Å². The molecule has 0 saturated carbocycles. The van der Waals surface area contributed by atoms with Gasteiger partial charge < -0.3 is 5.73 Å². The summed E-state index contributed by atoms with van der Waals surface area (Å²) >= 11 is 0. The third-order valence-corrected chi connectivity index (χ3v) is 4.45. The quantitative estimate of drug-likeness (QED) is 0.773. The third kappa shape index (κ3) is 2.27. The summed E-state index contributed by atoms with van der Waals surface area (Å²) in [7, 11) is 0. The number of nitrogens with zero attached hydrogens (tertiary/aromatic N) is 2. The lowest BCUT2D eigenvalue weighted by molar-refractivity contribution is -0.0762. The predicted molar refractivity (Wildman–Crippen MR) is 68.2 cm³/mol. The van der Waals surface area contributed by atoms with Crippen molar-refractivity contribution in [1.29, 1.82) is 0 Å². The summed E-state index contributed by atoms with van der Waals surface area (Å²) in [5.74, 6) is 0. The second-order valence-electron chi connectivity index (χ2n) is 6.64. The van der Waals surface area contributed by atoms with Crippen molar-refractivity contribution in [1.82, 2.24) is 9.80 Å². The Labute approximate surface area is 100.0 Å². The number of likely N-dealkylation sites (tertiary alicyclic amines) is 2. The maximum atomic E-state index is 6.15. The highest BCUT2D eigenvalue weighted by molar-refractivity contribution is 5.00. The lowest BCUT2D eigenvalue weighted by atomic mass is 9.71. The van der Waals surface area contributed by atoms with Gasteiger partial charge in [-0.3, -0.25) is 9.80 Å². The molecule has 1 spiro atoms. The molecule has 3 heteroatoms. The topological polar surface area (TPSA) is 32.5 Å². The second kappa shape index (κ2) is 3.97. The Hall–Kier alpha value is -0.120. The summed E-state index contributed by atoms with van der Waals surface area (Å²) in [5.41, 5.74) is 6.64. The highest BCUT2D eigenvalue weighted by Crippen LogP contribution is 2.41. The van der Waals surface area contributed by atoms with Gasteiger partial charge in [0, 0.05) is 32.2 Å². The maximum Gasteiger partial charge on any atom is 0.0629 e. The van der Waals surface area contributed by atoms with E-state index in [1.54, 1.807) is 0 Å². The van der Waals surface area contributed by atoms with Gasteiger partial charge in [-0.2, -0.15) is 0 Å². The molecule has 0 aromatic rings.